The van der Waals surface area contributed by atoms with Gasteiger partial charge in [-0.25, -0.2) is 0 Å². The maximum Gasteiger partial charge on any atom is 0.305 e. The van der Waals surface area contributed by atoms with E-state index < -0.39 is 5.97 Å². The number of rotatable bonds is 3. The van der Waals surface area contributed by atoms with Gasteiger partial charge >= 0.3 is 5.97 Å². The van der Waals surface area contributed by atoms with Crippen LogP contribution in [0.4, 0.5) is 0 Å². The highest BCUT2D eigenvalue weighted by Gasteiger charge is 1.98. The van der Waals surface area contributed by atoms with Crippen molar-refractivity contribution in [2.24, 2.45) is 0 Å². The van der Waals surface area contributed by atoms with E-state index in [0.29, 0.717) is 11.6 Å². The van der Waals surface area contributed by atoms with Gasteiger partial charge in [0, 0.05) is 6.20 Å². The number of hydrogen-bond acceptors (Lipinski definition) is 2. The van der Waals surface area contributed by atoms with Crippen LogP contribution in [0.5, 0.6) is 0 Å². The summed E-state index contributed by atoms with van der Waals surface area (Å²) in [6.45, 7) is 0.363. The molecule has 0 amide bonds. The van der Waals surface area contributed by atoms with Gasteiger partial charge < -0.3 is 5.11 Å². The Hall–Kier alpha value is -1.03. The Balaban J connectivity index is 2.45. The molecule has 0 atom stereocenters. The number of carboxylic acid groups (broad SMARTS) is 1. The molecule has 0 aliphatic rings. The standard InChI is InChI=1S/C6H7ClN2O2/c7-5-3-8-9(4-5)2-1-6(10)11/h3-4H,1-2H2,(H,10,11). The first-order valence-electron chi connectivity index (χ1n) is 3.08. The van der Waals surface area contributed by atoms with Gasteiger partial charge in [-0.1, -0.05) is 11.6 Å². The largest absolute Gasteiger partial charge is 0.481 e. The molecule has 0 saturated carbocycles. The van der Waals surface area contributed by atoms with E-state index in [4.69, 9.17) is 16.7 Å². The van der Waals surface area contributed by atoms with Gasteiger partial charge in [0.2, 0.25) is 0 Å². The first-order chi connectivity index (χ1) is 5.18. The van der Waals surface area contributed by atoms with E-state index in [9.17, 15) is 4.79 Å². The molecule has 1 heterocycles. The van der Waals surface area contributed by atoms with Crippen LogP contribution in [0.2, 0.25) is 5.02 Å². The Kier molecular flexibility index (Phi) is 2.48. The van der Waals surface area contributed by atoms with Crippen molar-refractivity contribution < 1.29 is 9.90 Å². The molecular weight excluding hydrogens is 168 g/mol. The molecule has 1 rings (SSSR count). The minimum Gasteiger partial charge on any atom is -0.481 e. The van der Waals surface area contributed by atoms with E-state index in [1.165, 1.54) is 10.9 Å². The molecule has 60 valence electrons. The summed E-state index contributed by atoms with van der Waals surface area (Å²) in [4.78, 5) is 10.1. The zero-order chi connectivity index (χ0) is 8.27. The number of aryl methyl sites for hydroxylation is 1. The quantitative estimate of drug-likeness (QED) is 0.744. The van der Waals surface area contributed by atoms with Crippen molar-refractivity contribution in [3.63, 3.8) is 0 Å². The Morgan fingerprint density at radius 3 is 3.00 bits per heavy atom. The van der Waals surface area contributed by atoms with E-state index in [1.54, 1.807) is 6.20 Å². The molecule has 5 heteroatoms. The number of aromatic nitrogens is 2. The molecule has 1 aromatic rings. The predicted molar refractivity (Wildman–Crippen MR) is 39.5 cm³/mol. The molecule has 1 aromatic heterocycles. The van der Waals surface area contributed by atoms with Gasteiger partial charge in [0.25, 0.3) is 0 Å². The fourth-order valence-electron chi connectivity index (χ4n) is 0.671. The van der Waals surface area contributed by atoms with Crippen LogP contribution >= 0.6 is 11.6 Å². The molecule has 0 aliphatic heterocycles. The van der Waals surface area contributed by atoms with Crippen LogP contribution in [0, 0.1) is 0 Å². The lowest BCUT2D eigenvalue weighted by Crippen LogP contribution is -2.04. The predicted octanol–water partition coefficient (Wildman–Crippen LogP) is 1.01. The molecule has 0 spiro atoms. The lowest BCUT2D eigenvalue weighted by atomic mass is 10.4. The first kappa shape index (κ1) is 8.07. The molecule has 0 unspecified atom stereocenters. The van der Waals surface area contributed by atoms with Crippen LogP contribution < -0.4 is 0 Å². The first-order valence-corrected chi connectivity index (χ1v) is 3.46. The summed E-state index contributed by atoms with van der Waals surface area (Å²) in [5.41, 5.74) is 0. The van der Waals surface area contributed by atoms with Crippen molar-refractivity contribution in [1.29, 1.82) is 0 Å². The van der Waals surface area contributed by atoms with E-state index in [1.807, 2.05) is 0 Å². The van der Waals surface area contributed by atoms with Gasteiger partial charge in [0.05, 0.1) is 24.2 Å². The summed E-state index contributed by atoms with van der Waals surface area (Å²) in [5, 5.41) is 12.6. The lowest BCUT2D eigenvalue weighted by Gasteiger charge is -1.94. The third-order valence-electron chi connectivity index (χ3n) is 1.16. The second-order valence-electron chi connectivity index (χ2n) is 2.07. The molecule has 11 heavy (non-hydrogen) atoms. The Bertz CT molecular complexity index is 259. The monoisotopic (exact) mass is 174 g/mol. The molecule has 0 bridgehead atoms. The van der Waals surface area contributed by atoms with Gasteiger partial charge in [-0.05, 0) is 0 Å². The zero-order valence-electron chi connectivity index (χ0n) is 5.70. The maximum absolute atomic E-state index is 10.1. The van der Waals surface area contributed by atoms with Crippen LogP contribution in [0.1, 0.15) is 6.42 Å². The maximum atomic E-state index is 10.1. The van der Waals surface area contributed by atoms with Crippen LogP contribution in [0.25, 0.3) is 0 Å². The van der Waals surface area contributed by atoms with Crippen LogP contribution in [0.15, 0.2) is 12.4 Å². The van der Waals surface area contributed by atoms with E-state index in [0.717, 1.165) is 0 Å². The summed E-state index contributed by atoms with van der Waals surface area (Å²) < 4.78 is 1.50. The highest BCUT2D eigenvalue weighted by atomic mass is 35.5. The normalized spacial score (nSPS) is 9.91. The summed E-state index contributed by atoms with van der Waals surface area (Å²) in [6, 6.07) is 0. The highest BCUT2D eigenvalue weighted by molar-refractivity contribution is 6.30. The van der Waals surface area contributed by atoms with Crippen molar-refractivity contribution in [2.75, 3.05) is 0 Å². The molecule has 0 saturated heterocycles. The SMILES string of the molecule is O=C(O)CCn1cc(Cl)cn1. The molecule has 1 N–H and O–H groups in total. The number of halogens is 1. The van der Waals surface area contributed by atoms with Crippen molar-refractivity contribution in [3.05, 3.63) is 17.4 Å². The average molecular weight is 175 g/mol. The van der Waals surface area contributed by atoms with Crippen molar-refractivity contribution in [3.8, 4) is 0 Å². The number of nitrogens with zero attached hydrogens (tertiary/aromatic N) is 2. The summed E-state index contributed by atoms with van der Waals surface area (Å²) in [5.74, 6) is -0.836. The van der Waals surface area contributed by atoms with Crippen molar-refractivity contribution in [2.45, 2.75) is 13.0 Å². The molecule has 4 nitrogen and oxygen atoms in total. The average Bonchev–Trinajstić information content (AvgIpc) is 2.31. The molecule has 0 radical (unpaired) electrons. The third-order valence-corrected chi connectivity index (χ3v) is 1.35. The van der Waals surface area contributed by atoms with Crippen LogP contribution in [0.3, 0.4) is 0 Å². The van der Waals surface area contributed by atoms with Gasteiger partial charge in [0.1, 0.15) is 0 Å². The highest BCUT2D eigenvalue weighted by Crippen LogP contribution is 2.04. The van der Waals surface area contributed by atoms with Crippen molar-refractivity contribution >= 4 is 17.6 Å². The number of carboxylic acids is 1. The van der Waals surface area contributed by atoms with E-state index >= 15 is 0 Å². The minimum atomic E-state index is -0.836. The summed E-state index contributed by atoms with van der Waals surface area (Å²) in [7, 11) is 0. The smallest absolute Gasteiger partial charge is 0.305 e. The van der Waals surface area contributed by atoms with Gasteiger partial charge in [-0.3, -0.25) is 9.48 Å². The Labute approximate surface area is 68.4 Å². The fraction of sp³-hybridized carbons (Fsp3) is 0.333. The Morgan fingerprint density at radius 1 is 1.82 bits per heavy atom. The number of aliphatic carboxylic acids is 1. The molecule has 0 aromatic carbocycles. The van der Waals surface area contributed by atoms with E-state index in [2.05, 4.69) is 5.10 Å². The Morgan fingerprint density at radius 2 is 2.55 bits per heavy atom. The topological polar surface area (TPSA) is 55.1 Å². The second kappa shape index (κ2) is 3.39. The third kappa shape index (κ3) is 2.59. The lowest BCUT2D eigenvalue weighted by molar-refractivity contribution is -0.137. The minimum absolute atomic E-state index is 0.0675. The second-order valence-corrected chi connectivity index (χ2v) is 2.50. The van der Waals surface area contributed by atoms with Gasteiger partial charge in [-0.2, -0.15) is 5.10 Å². The van der Waals surface area contributed by atoms with Gasteiger partial charge in [0.15, 0.2) is 0 Å². The number of hydrogen-bond donors (Lipinski definition) is 1. The zero-order valence-corrected chi connectivity index (χ0v) is 6.45. The number of carbonyl (C=O) groups is 1. The van der Waals surface area contributed by atoms with Crippen LogP contribution in [-0.4, -0.2) is 20.9 Å². The summed E-state index contributed by atoms with van der Waals surface area (Å²) >= 11 is 5.54. The fourth-order valence-corrected chi connectivity index (χ4v) is 0.827. The van der Waals surface area contributed by atoms with Crippen molar-refractivity contribution in [1.82, 2.24) is 9.78 Å². The van der Waals surface area contributed by atoms with Crippen LogP contribution in [-0.2, 0) is 11.3 Å². The molecule has 0 fully saturated rings. The molecular formula is C6H7ClN2O2. The summed E-state index contributed by atoms with van der Waals surface area (Å²) in [6.07, 6.45) is 3.13. The van der Waals surface area contributed by atoms with Gasteiger partial charge in [-0.15, -0.1) is 0 Å². The molecule has 0 aliphatic carbocycles. The van der Waals surface area contributed by atoms with E-state index in [-0.39, 0.29) is 6.42 Å².